The first-order valence-corrected chi connectivity index (χ1v) is 41.1. The molecule has 0 aliphatic rings. The molecule has 0 aliphatic heterocycles. The summed E-state index contributed by atoms with van der Waals surface area (Å²) in [4.78, 5) is 72.7. The van der Waals surface area contributed by atoms with E-state index in [0.29, 0.717) is 25.7 Å². The topological polar surface area (TPSA) is 237 Å². The fourth-order valence-electron chi connectivity index (χ4n) is 11.2. The minimum atomic E-state index is -4.95. The second kappa shape index (κ2) is 66.3. The zero-order chi connectivity index (χ0) is 67.7. The Balaban J connectivity index is 5.24. The molecule has 0 saturated heterocycles. The van der Waals surface area contributed by atoms with Crippen molar-refractivity contribution in [1.82, 2.24) is 0 Å². The van der Waals surface area contributed by atoms with E-state index in [1.165, 1.54) is 205 Å². The van der Waals surface area contributed by atoms with Gasteiger partial charge < -0.3 is 33.8 Å². The van der Waals surface area contributed by atoms with E-state index in [9.17, 15) is 43.2 Å². The first-order chi connectivity index (χ1) is 44.5. The number of carbonyl (C=O) groups is 4. The molecular weight excluding hydrogens is 1210 g/mol. The van der Waals surface area contributed by atoms with E-state index in [4.69, 9.17) is 37.0 Å². The van der Waals surface area contributed by atoms with E-state index in [1.807, 2.05) is 0 Å². The number of ether oxygens (including phenoxy) is 4. The maximum atomic E-state index is 13.1. The van der Waals surface area contributed by atoms with Crippen LogP contribution in [0.4, 0.5) is 0 Å². The van der Waals surface area contributed by atoms with Crippen molar-refractivity contribution in [1.29, 1.82) is 0 Å². The van der Waals surface area contributed by atoms with Crippen LogP contribution >= 0.6 is 15.6 Å². The summed E-state index contributed by atoms with van der Waals surface area (Å²) >= 11 is 0. The lowest BCUT2D eigenvalue weighted by Gasteiger charge is -2.21. The van der Waals surface area contributed by atoms with Gasteiger partial charge in [-0.15, -0.1) is 0 Å². The fraction of sp³-hybridized carbons (Fsp3) is 0.945. The van der Waals surface area contributed by atoms with Crippen LogP contribution in [0.3, 0.4) is 0 Å². The Bertz CT molecular complexity index is 1770. The molecule has 17 nitrogen and oxygen atoms in total. The molecule has 0 bridgehead atoms. The van der Waals surface area contributed by atoms with E-state index in [0.717, 1.165) is 95.8 Å². The Labute approximate surface area is 562 Å². The summed E-state index contributed by atoms with van der Waals surface area (Å²) in [6, 6.07) is 0. The molecule has 0 aliphatic carbocycles. The third-order valence-corrected chi connectivity index (χ3v) is 18.9. The molecule has 546 valence electrons. The third kappa shape index (κ3) is 66.7. The number of phosphoric acid groups is 2. The van der Waals surface area contributed by atoms with Gasteiger partial charge >= 0.3 is 39.5 Å². The van der Waals surface area contributed by atoms with Crippen LogP contribution in [0.5, 0.6) is 0 Å². The fourth-order valence-corrected chi connectivity index (χ4v) is 12.8. The van der Waals surface area contributed by atoms with E-state index >= 15 is 0 Å². The van der Waals surface area contributed by atoms with Crippen molar-refractivity contribution in [3.8, 4) is 0 Å². The number of aliphatic hydroxyl groups is 1. The van der Waals surface area contributed by atoms with Gasteiger partial charge in [-0.05, 0) is 31.6 Å². The highest BCUT2D eigenvalue weighted by Gasteiger charge is 2.30. The van der Waals surface area contributed by atoms with Crippen molar-refractivity contribution in [2.24, 2.45) is 5.92 Å². The SMILES string of the molecule is CCCCCCCCCCCCCCCCC(=O)OC[C@H](COP(=O)(O)OC[C@@H](O)COP(=O)(O)OC[C@@H](COC(=O)CCCCCCCCCCCCC)OC(=O)CCCCCCCCCCCCC)OC(=O)CCCCCCCCCCCCCCCC(C)C. The monoisotopic (exact) mass is 1350 g/mol. The summed E-state index contributed by atoms with van der Waals surface area (Å²) in [5, 5.41) is 10.6. The molecule has 0 aromatic carbocycles. The minimum Gasteiger partial charge on any atom is -0.462 e. The molecule has 92 heavy (non-hydrogen) atoms. The van der Waals surface area contributed by atoms with Crippen molar-refractivity contribution in [3.63, 3.8) is 0 Å². The Hall–Kier alpha value is -1.94. The maximum absolute atomic E-state index is 13.1. The lowest BCUT2D eigenvalue weighted by atomic mass is 10.0. The molecule has 0 heterocycles. The molecule has 19 heteroatoms. The summed E-state index contributed by atoms with van der Waals surface area (Å²) in [5.74, 6) is -1.33. The van der Waals surface area contributed by atoms with Crippen LogP contribution in [0.1, 0.15) is 381 Å². The van der Waals surface area contributed by atoms with Gasteiger partial charge in [0.25, 0.3) is 0 Å². The number of aliphatic hydroxyl groups excluding tert-OH is 1. The molecule has 0 radical (unpaired) electrons. The molecule has 2 unspecified atom stereocenters. The van der Waals surface area contributed by atoms with Crippen LogP contribution in [0, 0.1) is 5.92 Å². The van der Waals surface area contributed by atoms with Crippen LogP contribution in [0.25, 0.3) is 0 Å². The molecule has 0 amide bonds. The van der Waals surface area contributed by atoms with Crippen LogP contribution in [-0.4, -0.2) is 96.7 Å². The first kappa shape index (κ1) is 90.1. The molecule has 5 atom stereocenters. The smallest absolute Gasteiger partial charge is 0.462 e. The standard InChI is InChI=1S/C73H142O17P2/c1-6-9-12-15-18-21-24-25-28-33-37-42-47-52-57-71(76)84-63-69(90-73(78)59-54-49-44-39-34-29-26-27-32-35-40-45-50-55-66(4)5)65-88-92(81,82)86-61-67(74)60-85-91(79,80)87-64-68(89-72(77)58-53-48-43-38-31-23-20-17-14-11-8-3)62-83-70(75)56-51-46-41-36-30-22-19-16-13-10-7-2/h66-69,74H,6-65H2,1-5H3,(H,79,80)(H,81,82)/t67-,68+,69+/m0/s1. The second-order valence-corrected chi connectivity index (χ2v) is 29.7. The first-order valence-electron chi connectivity index (χ1n) is 38.1. The summed E-state index contributed by atoms with van der Waals surface area (Å²) in [6.07, 6.45) is 53.9. The summed E-state index contributed by atoms with van der Waals surface area (Å²) in [7, 11) is -9.90. The number of hydrogen-bond donors (Lipinski definition) is 3. The maximum Gasteiger partial charge on any atom is 0.472 e. The zero-order valence-corrected chi connectivity index (χ0v) is 61.5. The number of hydrogen-bond acceptors (Lipinski definition) is 15. The molecule has 0 aromatic heterocycles. The number of unbranched alkanes of at least 4 members (excludes halogenated alkanes) is 45. The van der Waals surface area contributed by atoms with Crippen molar-refractivity contribution < 1.29 is 80.2 Å². The van der Waals surface area contributed by atoms with Crippen molar-refractivity contribution in [3.05, 3.63) is 0 Å². The van der Waals surface area contributed by atoms with E-state index < -0.39 is 97.5 Å². The number of carbonyl (C=O) groups excluding carboxylic acids is 4. The Morgan fingerprint density at radius 2 is 0.500 bits per heavy atom. The van der Waals surface area contributed by atoms with Gasteiger partial charge in [-0.3, -0.25) is 37.3 Å². The van der Waals surface area contributed by atoms with Gasteiger partial charge in [-0.25, -0.2) is 9.13 Å². The van der Waals surface area contributed by atoms with Gasteiger partial charge in [0.15, 0.2) is 12.2 Å². The van der Waals surface area contributed by atoms with Gasteiger partial charge in [0.05, 0.1) is 26.4 Å². The number of rotatable bonds is 73. The van der Waals surface area contributed by atoms with E-state index in [2.05, 4.69) is 34.6 Å². The normalized spacial score (nSPS) is 14.0. The van der Waals surface area contributed by atoms with Gasteiger partial charge in [0, 0.05) is 25.7 Å². The minimum absolute atomic E-state index is 0.107. The van der Waals surface area contributed by atoms with Crippen LogP contribution in [0.2, 0.25) is 0 Å². The van der Waals surface area contributed by atoms with Crippen LogP contribution < -0.4 is 0 Å². The number of phosphoric ester groups is 2. The zero-order valence-electron chi connectivity index (χ0n) is 59.7. The highest BCUT2D eigenvalue weighted by atomic mass is 31.2. The van der Waals surface area contributed by atoms with E-state index in [-0.39, 0.29) is 25.7 Å². The second-order valence-electron chi connectivity index (χ2n) is 26.8. The van der Waals surface area contributed by atoms with E-state index in [1.54, 1.807) is 0 Å². The number of esters is 4. The lowest BCUT2D eigenvalue weighted by molar-refractivity contribution is -0.161. The van der Waals surface area contributed by atoms with Gasteiger partial charge in [0.2, 0.25) is 0 Å². The summed E-state index contributed by atoms with van der Waals surface area (Å²) < 4.78 is 68.4. The van der Waals surface area contributed by atoms with Crippen LogP contribution in [-0.2, 0) is 65.4 Å². The predicted octanol–water partition coefficient (Wildman–Crippen LogP) is 21.3. The molecule has 0 aromatic rings. The largest absolute Gasteiger partial charge is 0.472 e. The average Bonchev–Trinajstić information content (AvgIpc) is 2.20. The van der Waals surface area contributed by atoms with Gasteiger partial charge in [-0.2, -0.15) is 0 Å². The average molecular weight is 1350 g/mol. The third-order valence-electron chi connectivity index (χ3n) is 17.0. The van der Waals surface area contributed by atoms with Gasteiger partial charge in [-0.1, -0.05) is 330 Å². The highest BCUT2D eigenvalue weighted by molar-refractivity contribution is 7.47. The Morgan fingerprint density at radius 1 is 0.293 bits per heavy atom. The lowest BCUT2D eigenvalue weighted by Crippen LogP contribution is -2.30. The van der Waals surface area contributed by atoms with Crippen molar-refractivity contribution in [2.45, 2.75) is 400 Å². The van der Waals surface area contributed by atoms with Crippen molar-refractivity contribution in [2.75, 3.05) is 39.6 Å². The van der Waals surface area contributed by atoms with Gasteiger partial charge in [0.1, 0.15) is 19.3 Å². The molecule has 0 rings (SSSR count). The summed E-state index contributed by atoms with van der Waals surface area (Å²) in [6.45, 7) is 7.29. The van der Waals surface area contributed by atoms with Crippen LogP contribution in [0.15, 0.2) is 0 Å². The highest BCUT2D eigenvalue weighted by Crippen LogP contribution is 2.45. The molecule has 0 saturated carbocycles. The molecular formula is C73H142O17P2. The van der Waals surface area contributed by atoms with Crippen molar-refractivity contribution >= 4 is 39.5 Å². The summed E-state index contributed by atoms with van der Waals surface area (Å²) in [5.41, 5.74) is 0. The predicted molar refractivity (Wildman–Crippen MR) is 372 cm³/mol. The molecule has 0 spiro atoms. The molecule has 3 N–H and O–H groups in total. The Morgan fingerprint density at radius 3 is 0.739 bits per heavy atom. The Kier molecular flexibility index (Phi) is 64.9. The molecule has 0 fully saturated rings. The quantitative estimate of drug-likeness (QED) is 0.0222.